The molecule has 2 aliphatic heterocycles. The van der Waals surface area contributed by atoms with E-state index in [1.807, 2.05) is 18.2 Å². The molecule has 1 atom stereocenters. The lowest BCUT2D eigenvalue weighted by Gasteiger charge is -2.31. The van der Waals surface area contributed by atoms with Crippen LogP contribution in [0, 0.1) is 5.92 Å². The lowest BCUT2D eigenvalue weighted by atomic mass is 9.97. The number of rotatable bonds is 5. The summed E-state index contributed by atoms with van der Waals surface area (Å²) in [6, 6.07) is 5.67. The molecule has 27 heavy (non-hydrogen) atoms. The summed E-state index contributed by atoms with van der Waals surface area (Å²) in [7, 11) is 0. The van der Waals surface area contributed by atoms with Crippen LogP contribution in [0.25, 0.3) is 0 Å². The van der Waals surface area contributed by atoms with E-state index in [4.69, 9.17) is 0 Å². The molecule has 0 radical (unpaired) electrons. The second-order valence-corrected chi connectivity index (χ2v) is 7.77. The third-order valence-corrected chi connectivity index (χ3v) is 5.95. The van der Waals surface area contributed by atoms with Crippen molar-refractivity contribution in [2.75, 3.05) is 29.4 Å². The summed E-state index contributed by atoms with van der Waals surface area (Å²) in [6.45, 7) is 2.63. The van der Waals surface area contributed by atoms with Crippen LogP contribution in [-0.4, -0.2) is 46.6 Å². The summed E-state index contributed by atoms with van der Waals surface area (Å²) >= 11 is 1.43. The number of hydrogen-bond acceptors (Lipinski definition) is 7. The van der Waals surface area contributed by atoms with Crippen molar-refractivity contribution < 1.29 is 9.59 Å². The van der Waals surface area contributed by atoms with Gasteiger partial charge in [-0.05, 0) is 31.4 Å². The maximum Gasteiger partial charge on any atom is 0.228 e. The molecular weight excluding hydrogens is 364 g/mol. The Labute approximate surface area is 161 Å². The first-order valence-electron chi connectivity index (χ1n) is 9.27. The molecule has 0 aromatic carbocycles. The summed E-state index contributed by atoms with van der Waals surface area (Å²) in [5.74, 6) is 0.0798. The van der Waals surface area contributed by atoms with Crippen molar-refractivity contribution in [3.63, 3.8) is 0 Å². The highest BCUT2D eigenvalue weighted by molar-refractivity contribution is 7.19. The minimum absolute atomic E-state index is 0.0461. The van der Waals surface area contributed by atoms with E-state index >= 15 is 0 Å². The number of aromatic nitrogens is 3. The van der Waals surface area contributed by atoms with Crippen molar-refractivity contribution in [1.82, 2.24) is 20.5 Å². The third-order valence-electron chi connectivity index (χ3n) is 4.94. The predicted molar refractivity (Wildman–Crippen MR) is 103 cm³/mol. The summed E-state index contributed by atoms with van der Waals surface area (Å²) in [6.07, 6.45) is 4.97. The molecule has 142 valence electrons. The van der Waals surface area contributed by atoms with Gasteiger partial charge in [-0.1, -0.05) is 17.4 Å². The Balaban J connectivity index is 1.36. The number of carbonyl (C=O) groups is 2. The Hall–Kier alpha value is -2.55. The molecule has 2 aromatic heterocycles. The highest BCUT2D eigenvalue weighted by atomic mass is 32.1. The zero-order chi connectivity index (χ0) is 18.6. The van der Waals surface area contributed by atoms with Gasteiger partial charge in [0.1, 0.15) is 0 Å². The molecule has 2 saturated heterocycles. The molecule has 8 nitrogen and oxygen atoms in total. The molecule has 0 saturated carbocycles. The van der Waals surface area contributed by atoms with Crippen molar-refractivity contribution in [1.29, 1.82) is 0 Å². The van der Waals surface area contributed by atoms with Crippen molar-refractivity contribution in [3.8, 4) is 0 Å². The van der Waals surface area contributed by atoms with Crippen LogP contribution in [0.4, 0.5) is 10.3 Å². The van der Waals surface area contributed by atoms with E-state index < -0.39 is 0 Å². The molecule has 4 rings (SSSR count). The minimum atomic E-state index is -0.0803. The topological polar surface area (TPSA) is 91.3 Å². The molecule has 1 N–H and O–H groups in total. The van der Waals surface area contributed by atoms with E-state index in [1.54, 1.807) is 11.1 Å². The Morgan fingerprint density at radius 1 is 1.22 bits per heavy atom. The zero-order valence-electron chi connectivity index (χ0n) is 15.0. The van der Waals surface area contributed by atoms with Crippen LogP contribution in [0.5, 0.6) is 0 Å². The number of carbonyl (C=O) groups excluding carboxylic acids is 2. The van der Waals surface area contributed by atoms with Crippen LogP contribution < -0.4 is 15.1 Å². The third kappa shape index (κ3) is 4.08. The SMILES string of the molecule is O=C(NCc1ccccn1)C1CCCN(c2nnc(N3CCCC3=O)s2)C1. The molecular formula is C18H22N6O2S. The summed E-state index contributed by atoms with van der Waals surface area (Å²) in [4.78, 5) is 32.5. The zero-order valence-corrected chi connectivity index (χ0v) is 15.8. The van der Waals surface area contributed by atoms with Crippen LogP contribution in [-0.2, 0) is 16.1 Å². The van der Waals surface area contributed by atoms with Crippen LogP contribution in [0.15, 0.2) is 24.4 Å². The lowest BCUT2D eigenvalue weighted by Crippen LogP contribution is -2.43. The van der Waals surface area contributed by atoms with Gasteiger partial charge in [0.05, 0.1) is 18.2 Å². The predicted octanol–water partition coefficient (Wildman–Crippen LogP) is 1.59. The number of nitrogens with zero attached hydrogens (tertiary/aromatic N) is 5. The second-order valence-electron chi connectivity index (χ2n) is 6.84. The van der Waals surface area contributed by atoms with E-state index in [-0.39, 0.29) is 17.7 Å². The molecule has 0 spiro atoms. The monoisotopic (exact) mass is 386 g/mol. The van der Waals surface area contributed by atoms with Gasteiger partial charge in [-0.2, -0.15) is 0 Å². The van der Waals surface area contributed by atoms with Crippen LogP contribution in [0.1, 0.15) is 31.4 Å². The van der Waals surface area contributed by atoms with Gasteiger partial charge in [-0.3, -0.25) is 19.5 Å². The summed E-state index contributed by atoms with van der Waals surface area (Å²) in [5.41, 5.74) is 0.850. The highest BCUT2D eigenvalue weighted by Crippen LogP contribution is 2.32. The molecule has 1 unspecified atom stereocenters. The normalized spacial score (nSPS) is 20.1. The van der Waals surface area contributed by atoms with Gasteiger partial charge in [-0.15, -0.1) is 10.2 Å². The lowest BCUT2D eigenvalue weighted by molar-refractivity contribution is -0.125. The fourth-order valence-corrected chi connectivity index (χ4v) is 4.41. The second kappa shape index (κ2) is 7.99. The van der Waals surface area contributed by atoms with E-state index in [2.05, 4.69) is 25.4 Å². The Bertz CT molecular complexity index is 811. The maximum atomic E-state index is 12.6. The summed E-state index contributed by atoms with van der Waals surface area (Å²) in [5, 5.41) is 12.9. The molecule has 0 bridgehead atoms. The van der Waals surface area contributed by atoms with Crippen molar-refractivity contribution in [2.24, 2.45) is 5.92 Å². The van der Waals surface area contributed by atoms with Crippen LogP contribution >= 0.6 is 11.3 Å². The average Bonchev–Trinajstić information content (AvgIpc) is 3.36. The van der Waals surface area contributed by atoms with E-state index in [0.717, 1.165) is 36.6 Å². The number of pyridine rings is 1. The molecule has 9 heteroatoms. The van der Waals surface area contributed by atoms with Gasteiger partial charge in [0.15, 0.2) is 0 Å². The average molecular weight is 386 g/mol. The standard InChI is InChI=1S/C18H22N6O2S/c25-15-7-4-10-24(15)18-22-21-17(27-18)23-9-3-5-13(12-23)16(26)20-11-14-6-1-2-8-19-14/h1-2,6,8,13H,3-5,7,9-12H2,(H,20,26). The van der Waals surface area contributed by atoms with Gasteiger partial charge in [0, 0.05) is 32.3 Å². The van der Waals surface area contributed by atoms with Gasteiger partial charge < -0.3 is 10.2 Å². The molecule has 2 fully saturated rings. The molecule has 2 amide bonds. The first kappa shape index (κ1) is 17.8. The first-order chi connectivity index (χ1) is 13.2. The Morgan fingerprint density at radius 3 is 2.89 bits per heavy atom. The van der Waals surface area contributed by atoms with Gasteiger partial charge in [0.2, 0.25) is 22.1 Å². The minimum Gasteiger partial charge on any atom is -0.350 e. The fraction of sp³-hybridized carbons (Fsp3) is 0.500. The van der Waals surface area contributed by atoms with Crippen molar-refractivity contribution in [3.05, 3.63) is 30.1 Å². The van der Waals surface area contributed by atoms with Gasteiger partial charge in [0.25, 0.3) is 0 Å². The Morgan fingerprint density at radius 2 is 2.11 bits per heavy atom. The largest absolute Gasteiger partial charge is 0.350 e. The number of nitrogens with one attached hydrogen (secondary N) is 1. The van der Waals surface area contributed by atoms with E-state index in [1.165, 1.54) is 11.3 Å². The molecule has 4 heterocycles. The summed E-state index contributed by atoms with van der Waals surface area (Å²) < 4.78 is 0. The number of piperidine rings is 1. The van der Waals surface area contributed by atoms with Crippen molar-refractivity contribution >= 4 is 33.4 Å². The smallest absolute Gasteiger partial charge is 0.228 e. The van der Waals surface area contributed by atoms with E-state index in [9.17, 15) is 9.59 Å². The number of anilines is 2. The molecule has 2 aliphatic rings. The fourth-order valence-electron chi connectivity index (χ4n) is 3.48. The van der Waals surface area contributed by atoms with E-state index in [0.29, 0.717) is 31.2 Å². The number of hydrogen-bond donors (Lipinski definition) is 1. The Kier molecular flexibility index (Phi) is 5.28. The van der Waals surface area contributed by atoms with Crippen molar-refractivity contribution in [2.45, 2.75) is 32.2 Å². The molecule has 2 aromatic rings. The highest BCUT2D eigenvalue weighted by Gasteiger charge is 2.30. The number of amides is 2. The first-order valence-corrected chi connectivity index (χ1v) is 10.1. The molecule has 0 aliphatic carbocycles. The van der Waals surface area contributed by atoms with Gasteiger partial charge in [-0.25, -0.2) is 0 Å². The van der Waals surface area contributed by atoms with Crippen LogP contribution in [0.3, 0.4) is 0 Å². The van der Waals surface area contributed by atoms with Gasteiger partial charge >= 0.3 is 0 Å². The maximum absolute atomic E-state index is 12.6. The quantitative estimate of drug-likeness (QED) is 0.839. The van der Waals surface area contributed by atoms with Crippen LogP contribution in [0.2, 0.25) is 0 Å².